The smallest absolute Gasteiger partial charge is 0.00979 e. The predicted molar refractivity (Wildman–Crippen MR) is 92.6 cm³/mol. The summed E-state index contributed by atoms with van der Waals surface area (Å²) in [6, 6.07) is 15.1. The highest BCUT2D eigenvalue weighted by Crippen LogP contribution is 2.35. The van der Waals surface area contributed by atoms with Crippen LogP contribution in [0.5, 0.6) is 0 Å². The Morgan fingerprint density at radius 2 is 1.62 bits per heavy atom. The lowest BCUT2D eigenvalue weighted by atomic mass is 9.77. The number of benzene rings is 2. The average Bonchev–Trinajstić information content (AvgIpc) is 2.46. The van der Waals surface area contributed by atoms with Gasteiger partial charge < -0.3 is 5.32 Å². The van der Waals surface area contributed by atoms with Crippen LogP contribution in [0.3, 0.4) is 0 Å². The average molecular weight is 279 g/mol. The quantitative estimate of drug-likeness (QED) is 0.832. The fourth-order valence-corrected chi connectivity index (χ4v) is 3.14. The molecule has 0 fully saturated rings. The van der Waals surface area contributed by atoms with Crippen LogP contribution in [0.1, 0.15) is 30.5 Å². The summed E-state index contributed by atoms with van der Waals surface area (Å²) in [5, 5.41) is 3.10. The summed E-state index contributed by atoms with van der Waals surface area (Å²) in [6.45, 7) is 8.97. The molecule has 0 saturated carbocycles. The molecule has 1 heteroatoms. The van der Waals surface area contributed by atoms with Crippen molar-refractivity contribution in [3.63, 3.8) is 0 Å². The van der Waals surface area contributed by atoms with Crippen LogP contribution in [0, 0.1) is 13.8 Å². The predicted octanol–water partition coefficient (Wildman–Crippen LogP) is 4.98. The van der Waals surface area contributed by atoms with E-state index in [1.54, 1.807) is 0 Å². The molecule has 0 heterocycles. The minimum atomic E-state index is 0.00195. The minimum Gasteiger partial charge on any atom is -0.394 e. The Morgan fingerprint density at radius 1 is 0.952 bits per heavy atom. The maximum absolute atomic E-state index is 3.10. The minimum absolute atomic E-state index is 0.00195. The van der Waals surface area contributed by atoms with Crippen LogP contribution >= 0.6 is 0 Å². The van der Waals surface area contributed by atoms with Gasteiger partial charge in [-0.2, -0.15) is 0 Å². The van der Waals surface area contributed by atoms with E-state index in [-0.39, 0.29) is 5.41 Å². The second-order valence-electron chi connectivity index (χ2n) is 6.14. The van der Waals surface area contributed by atoms with Gasteiger partial charge in [0.2, 0.25) is 0 Å². The first-order valence-corrected chi connectivity index (χ1v) is 7.48. The fourth-order valence-electron chi connectivity index (χ4n) is 3.14. The van der Waals surface area contributed by atoms with Crippen LogP contribution in [-0.2, 0) is 5.41 Å². The van der Waals surface area contributed by atoms with Gasteiger partial charge in [0.25, 0.3) is 0 Å². The van der Waals surface area contributed by atoms with E-state index in [4.69, 9.17) is 0 Å². The highest BCUT2D eigenvalue weighted by molar-refractivity contribution is 5.70. The van der Waals surface area contributed by atoms with Crippen molar-refractivity contribution in [3.8, 4) is 11.1 Å². The second kappa shape index (κ2) is 6.17. The molecule has 1 N–H and O–H groups in total. The topological polar surface area (TPSA) is 12.0 Å². The van der Waals surface area contributed by atoms with E-state index in [2.05, 4.69) is 81.6 Å². The lowest BCUT2D eigenvalue weighted by Crippen LogP contribution is -2.18. The summed E-state index contributed by atoms with van der Waals surface area (Å²) in [4.78, 5) is 0. The highest BCUT2D eigenvalue weighted by Gasteiger charge is 2.23. The number of hydrogen-bond acceptors (Lipinski definition) is 1. The summed E-state index contributed by atoms with van der Waals surface area (Å²) in [5.74, 6) is 0. The van der Waals surface area contributed by atoms with Gasteiger partial charge in [0.1, 0.15) is 0 Å². The normalized spacial score (nSPS) is 11.9. The van der Waals surface area contributed by atoms with E-state index in [1.807, 2.05) is 13.2 Å². The van der Waals surface area contributed by atoms with Crippen molar-refractivity contribution in [2.75, 3.05) is 7.05 Å². The first-order valence-electron chi connectivity index (χ1n) is 7.48. The molecule has 0 aliphatic rings. The summed E-state index contributed by atoms with van der Waals surface area (Å²) >= 11 is 0. The number of aryl methyl sites for hydroxylation is 1. The molecule has 2 rings (SSSR count). The molecule has 0 atom stereocenters. The molecule has 2 aromatic carbocycles. The van der Waals surface area contributed by atoms with Crippen molar-refractivity contribution in [2.45, 2.75) is 33.1 Å². The van der Waals surface area contributed by atoms with Crippen LogP contribution in [-0.4, -0.2) is 7.05 Å². The van der Waals surface area contributed by atoms with Crippen LogP contribution in [0.2, 0.25) is 0 Å². The Kier molecular flexibility index (Phi) is 4.52. The molecular weight excluding hydrogens is 254 g/mol. The van der Waals surface area contributed by atoms with Gasteiger partial charge in [-0.05, 0) is 47.9 Å². The third-order valence-corrected chi connectivity index (χ3v) is 4.07. The summed E-state index contributed by atoms with van der Waals surface area (Å²) in [6.07, 6.45) is 4.26. The lowest BCUT2D eigenvalue weighted by molar-refractivity contribution is 0.655. The zero-order valence-corrected chi connectivity index (χ0v) is 13.7. The van der Waals surface area contributed by atoms with E-state index in [9.17, 15) is 0 Å². The van der Waals surface area contributed by atoms with Crippen LogP contribution < -0.4 is 5.32 Å². The summed E-state index contributed by atoms with van der Waals surface area (Å²) in [5.41, 5.74) is 6.73. The maximum Gasteiger partial charge on any atom is 0.00979 e. The van der Waals surface area contributed by atoms with Gasteiger partial charge in [-0.1, -0.05) is 62.4 Å². The fraction of sp³-hybridized carbons (Fsp3) is 0.300. The molecule has 0 unspecified atom stereocenters. The number of hydrogen-bond donors (Lipinski definition) is 1. The number of rotatable bonds is 4. The highest BCUT2D eigenvalue weighted by atomic mass is 14.8. The zero-order valence-electron chi connectivity index (χ0n) is 13.7. The molecule has 0 amide bonds. The van der Waals surface area contributed by atoms with E-state index in [1.165, 1.54) is 27.8 Å². The Labute approximate surface area is 128 Å². The first kappa shape index (κ1) is 15.4. The van der Waals surface area contributed by atoms with Crippen molar-refractivity contribution in [3.05, 3.63) is 71.4 Å². The van der Waals surface area contributed by atoms with Crippen molar-refractivity contribution in [1.82, 2.24) is 5.32 Å². The van der Waals surface area contributed by atoms with Gasteiger partial charge in [-0.15, -0.1) is 0 Å². The Hall–Kier alpha value is -2.02. The van der Waals surface area contributed by atoms with E-state index in [0.717, 1.165) is 0 Å². The molecule has 1 nitrogen and oxygen atoms in total. The van der Waals surface area contributed by atoms with Gasteiger partial charge in [0, 0.05) is 12.5 Å². The Balaban J connectivity index is 2.60. The monoisotopic (exact) mass is 279 g/mol. The van der Waals surface area contributed by atoms with Gasteiger partial charge in [-0.25, -0.2) is 0 Å². The van der Waals surface area contributed by atoms with E-state index < -0.39 is 0 Å². The molecule has 0 aromatic heterocycles. The standard InChI is InChI=1S/C20H25N/c1-15-11-12-18(17-9-7-6-8-10-17)16(2)19(15)20(3,4)13-14-21-5/h6-14,21H,1-5H3/b14-13-. The molecule has 2 aromatic rings. The molecule has 0 aliphatic heterocycles. The molecule has 0 bridgehead atoms. The van der Waals surface area contributed by atoms with Crippen LogP contribution in [0.15, 0.2) is 54.7 Å². The molecule has 0 radical (unpaired) electrons. The number of allylic oxidation sites excluding steroid dienone is 1. The van der Waals surface area contributed by atoms with Gasteiger partial charge in [0.15, 0.2) is 0 Å². The maximum atomic E-state index is 3.10. The third-order valence-electron chi connectivity index (χ3n) is 4.07. The second-order valence-corrected chi connectivity index (χ2v) is 6.14. The molecule has 0 aliphatic carbocycles. The molecule has 0 saturated heterocycles. The van der Waals surface area contributed by atoms with E-state index >= 15 is 0 Å². The van der Waals surface area contributed by atoms with Crippen molar-refractivity contribution in [1.29, 1.82) is 0 Å². The van der Waals surface area contributed by atoms with Gasteiger partial charge in [0.05, 0.1) is 0 Å². The largest absolute Gasteiger partial charge is 0.394 e. The SMILES string of the molecule is CN/C=C\C(C)(C)c1c(C)ccc(-c2ccccc2)c1C. The molecule has 0 spiro atoms. The summed E-state index contributed by atoms with van der Waals surface area (Å²) < 4.78 is 0. The van der Waals surface area contributed by atoms with E-state index in [0.29, 0.717) is 0 Å². The lowest BCUT2D eigenvalue weighted by Gasteiger charge is -2.27. The summed E-state index contributed by atoms with van der Waals surface area (Å²) in [7, 11) is 1.94. The number of nitrogens with one attached hydrogen (secondary N) is 1. The Bertz CT molecular complexity index is 636. The van der Waals surface area contributed by atoms with Crippen LogP contribution in [0.4, 0.5) is 0 Å². The molecule has 21 heavy (non-hydrogen) atoms. The van der Waals surface area contributed by atoms with Crippen molar-refractivity contribution < 1.29 is 0 Å². The third kappa shape index (κ3) is 3.18. The van der Waals surface area contributed by atoms with Crippen molar-refractivity contribution in [2.24, 2.45) is 0 Å². The van der Waals surface area contributed by atoms with Gasteiger partial charge in [-0.3, -0.25) is 0 Å². The molecule has 110 valence electrons. The zero-order chi connectivity index (χ0) is 15.5. The van der Waals surface area contributed by atoms with Crippen molar-refractivity contribution >= 4 is 0 Å². The molecular formula is C20H25N. The van der Waals surface area contributed by atoms with Crippen LogP contribution in [0.25, 0.3) is 11.1 Å². The Morgan fingerprint density at radius 3 is 2.24 bits per heavy atom. The van der Waals surface area contributed by atoms with Gasteiger partial charge >= 0.3 is 0 Å². The first-order chi connectivity index (χ1) is 9.97.